The number of rotatable bonds is 10. The first-order valence-corrected chi connectivity index (χ1v) is 12.1. The first kappa shape index (κ1) is 25.9. The van der Waals surface area contributed by atoms with Crippen molar-refractivity contribution in [1.82, 2.24) is 15.5 Å². The summed E-state index contributed by atoms with van der Waals surface area (Å²) >= 11 is 1.69. The number of aliphatic hydroxyl groups is 2. The number of nitrogens with zero attached hydrogens (tertiary/aromatic N) is 2. The van der Waals surface area contributed by atoms with Crippen molar-refractivity contribution in [2.24, 2.45) is 5.92 Å². The average molecular weight is 488 g/mol. The highest BCUT2D eigenvalue weighted by atomic mass is 32.1. The van der Waals surface area contributed by atoms with Gasteiger partial charge in [0.2, 0.25) is 11.8 Å². The predicted molar refractivity (Wildman–Crippen MR) is 132 cm³/mol. The molecule has 0 radical (unpaired) electrons. The summed E-state index contributed by atoms with van der Waals surface area (Å²) in [6.45, 7) is 11.9. The average Bonchev–Trinajstić information content (AvgIpc) is 3.37. The number of carbonyl (C=O) groups is 1. The lowest BCUT2D eigenvalue weighted by Crippen LogP contribution is -2.36. The maximum Gasteiger partial charge on any atom is 0.258 e. The second kappa shape index (κ2) is 11.1. The number of thiophene rings is 1. The van der Waals surface area contributed by atoms with E-state index < -0.39 is 18.6 Å². The Morgan fingerprint density at radius 3 is 2.41 bits per heavy atom. The van der Waals surface area contributed by atoms with Gasteiger partial charge < -0.3 is 24.7 Å². The van der Waals surface area contributed by atoms with Crippen molar-refractivity contribution in [2.75, 3.05) is 19.8 Å². The van der Waals surface area contributed by atoms with Gasteiger partial charge in [0.1, 0.15) is 25.1 Å². The van der Waals surface area contributed by atoms with Gasteiger partial charge in [0.05, 0.1) is 4.88 Å². The number of benzene rings is 1. The zero-order valence-corrected chi connectivity index (χ0v) is 21.4. The highest BCUT2D eigenvalue weighted by Gasteiger charge is 2.20. The van der Waals surface area contributed by atoms with Gasteiger partial charge in [-0.3, -0.25) is 4.79 Å². The lowest BCUT2D eigenvalue weighted by molar-refractivity contribution is -0.124. The molecule has 0 aliphatic heterocycles. The smallest absolute Gasteiger partial charge is 0.258 e. The van der Waals surface area contributed by atoms with E-state index in [2.05, 4.69) is 43.2 Å². The molecule has 1 unspecified atom stereocenters. The molecule has 0 saturated heterocycles. The van der Waals surface area contributed by atoms with Crippen molar-refractivity contribution in [3.05, 3.63) is 39.3 Å². The maximum atomic E-state index is 11.1. The van der Waals surface area contributed by atoms with E-state index in [4.69, 9.17) is 14.3 Å². The quantitative estimate of drug-likeness (QED) is 0.399. The Bertz CT molecular complexity index is 1130. The second-order valence-corrected chi connectivity index (χ2v) is 10.2. The van der Waals surface area contributed by atoms with Crippen LogP contribution in [0.15, 0.2) is 16.5 Å². The summed E-state index contributed by atoms with van der Waals surface area (Å²) in [6.07, 6.45) is 0.128. The molecule has 8 nitrogen and oxygen atoms in total. The summed E-state index contributed by atoms with van der Waals surface area (Å²) in [7, 11) is 0. The Hall–Kier alpha value is -2.75. The van der Waals surface area contributed by atoms with Gasteiger partial charge in [0.25, 0.3) is 5.89 Å². The Kier molecular flexibility index (Phi) is 8.46. The third-order valence-corrected chi connectivity index (χ3v) is 6.75. The number of aliphatic hydroxyl groups excluding tert-OH is 2. The molecule has 34 heavy (non-hydrogen) atoms. The van der Waals surface area contributed by atoms with Gasteiger partial charge >= 0.3 is 0 Å². The standard InChI is InChI=1S/C25H33N3O5S/c1-13(2)7-20-16(5)23(34-17(20)6)25-28-27-24(33-25)18-8-14(3)22(15(4)9-18)32-12-19(30)10-26-21(31)11-29/h8-9,13,19,29-30H,7,10-12H2,1-6H3,(H,26,31). The van der Waals surface area contributed by atoms with Crippen LogP contribution < -0.4 is 10.1 Å². The van der Waals surface area contributed by atoms with Crippen molar-refractivity contribution >= 4 is 17.2 Å². The lowest BCUT2D eigenvalue weighted by atomic mass is 9.99. The summed E-state index contributed by atoms with van der Waals surface area (Å²) in [5, 5.41) is 29.8. The van der Waals surface area contributed by atoms with E-state index >= 15 is 0 Å². The number of hydrogen-bond acceptors (Lipinski definition) is 8. The molecule has 9 heteroatoms. The summed E-state index contributed by atoms with van der Waals surface area (Å²) < 4.78 is 11.9. The molecular weight excluding hydrogens is 454 g/mol. The molecular formula is C25H33N3O5S. The number of carbonyl (C=O) groups excluding carboxylic acids is 1. The third kappa shape index (κ3) is 6.02. The fourth-order valence-electron chi connectivity index (χ4n) is 3.86. The van der Waals surface area contributed by atoms with Gasteiger partial charge in [-0.25, -0.2) is 0 Å². The van der Waals surface area contributed by atoms with E-state index in [-0.39, 0.29) is 13.2 Å². The molecule has 0 aliphatic carbocycles. The normalized spacial score (nSPS) is 12.3. The molecule has 3 N–H and O–H groups in total. The summed E-state index contributed by atoms with van der Waals surface area (Å²) in [4.78, 5) is 13.4. The molecule has 0 fully saturated rings. The van der Waals surface area contributed by atoms with Crippen LogP contribution in [0.5, 0.6) is 5.75 Å². The van der Waals surface area contributed by atoms with Gasteiger partial charge in [0.15, 0.2) is 0 Å². The Labute approximate surface area is 204 Å². The van der Waals surface area contributed by atoms with E-state index in [1.54, 1.807) is 11.3 Å². The van der Waals surface area contributed by atoms with Crippen molar-refractivity contribution in [2.45, 2.75) is 54.1 Å². The number of nitrogens with one attached hydrogen (secondary N) is 1. The largest absolute Gasteiger partial charge is 0.490 e. The molecule has 1 atom stereocenters. The van der Waals surface area contributed by atoms with Crippen LogP contribution in [0.1, 0.15) is 41.0 Å². The number of aromatic nitrogens is 2. The van der Waals surface area contributed by atoms with Crippen LogP contribution in [0, 0.1) is 33.6 Å². The van der Waals surface area contributed by atoms with Crippen LogP contribution in [-0.4, -0.2) is 52.2 Å². The zero-order valence-electron chi connectivity index (χ0n) is 20.6. The van der Waals surface area contributed by atoms with Crippen molar-refractivity contribution in [1.29, 1.82) is 0 Å². The maximum absolute atomic E-state index is 11.1. The molecule has 2 heterocycles. The second-order valence-electron chi connectivity index (χ2n) is 8.97. The van der Waals surface area contributed by atoms with Gasteiger partial charge in [-0.15, -0.1) is 21.5 Å². The molecule has 184 valence electrons. The zero-order chi connectivity index (χ0) is 25.0. The molecule has 0 bridgehead atoms. The molecule has 2 aromatic heterocycles. The van der Waals surface area contributed by atoms with E-state index in [0.29, 0.717) is 23.4 Å². The molecule has 0 aliphatic rings. The molecule has 0 spiro atoms. The first-order valence-electron chi connectivity index (χ1n) is 11.3. The molecule has 1 amide bonds. The van der Waals surface area contributed by atoms with E-state index in [1.165, 1.54) is 16.0 Å². The van der Waals surface area contributed by atoms with Gasteiger partial charge in [0, 0.05) is 17.0 Å². The topological polar surface area (TPSA) is 118 Å². The number of aryl methyl sites for hydroxylation is 3. The SMILES string of the molecule is Cc1cc(-c2nnc(-c3sc(C)c(CC(C)C)c3C)o2)cc(C)c1OCC(O)CNC(=O)CO. The number of amides is 1. The molecule has 0 saturated carbocycles. The highest BCUT2D eigenvalue weighted by molar-refractivity contribution is 7.15. The van der Waals surface area contributed by atoms with Gasteiger partial charge in [-0.2, -0.15) is 0 Å². The lowest BCUT2D eigenvalue weighted by Gasteiger charge is -2.16. The minimum absolute atomic E-state index is 0.000821. The van der Waals surface area contributed by atoms with Crippen LogP contribution in [0.2, 0.25) is 0 Å². The van der Waals surface area contributed by atoms with Crippen LogP contribution in [0.25, 0.3) is 22.2 Å². The van der Waals surface area contributed by atoms with Crippen LogP contribution in [0.4, 0.5) is 0 Å². The van der Waals surface area contributed by atoms with Gasteiger partial charge in [-0.05, 0) is 74.4 Å². The van der Waals surface area contributed by atoms with Crippen molar-refractivity contribution in [3.63, 3.8) is 0 Å². The fourth-order valence-corrected chi connectivity index (χ4v) is 4.97. The molecule has 3 rings (SSSR count). The minimum Gasteiger partial charge on any atom is -0.490 e. The molecule has 1 aromatic carbocycles. The predicted octanol–water partition coefficient (Wildman–Crippen LogP) is 3.75. The Morgan fingerprint density at radius 1 is 1.15 bits per heavy atom. The first-order chi connectivity index (χ1) is 16.1. The summed E-state index contributed by atoms with van der Waals surface area (Å²) in [6, 6.07) is 3.83. The van der Waals surface area contributed by atoms with Crippen molar-refractivity contribution in [3.8, 4) is 28.0 Å². The number of ether oxygens (including phenoxy) is 1. The third-order valence-electron chi connectivity index (χ3n) is 5.51. The van der Waals surface area contributed by atoms with E-state index in [1.807, 2.05) is 26.0 Å². The van der Waals surface area contributed by atoms with E-state index in [0.717, 1.165) is 28.0 Å². The van der Waals surface area contributed by atoms with Crippen molar-refractivity contribution < 1.29 is 24.2 Å². The molecule has 3 aromatic rings. The monoisotopic (exact) mass is 487 g/mol. The van der Waals surface area contributed by atoms with E-state index in [9.17, 15) is 9.90 Å². The number of hydrogen-bond donors (Lipinski definition) is 3. The summed E-state index contributed by atoms with van der Waals surface area (Å²) in [5.74, 6) is 1.65. The van der Waals surface area contributed by atoms with Gasteiger partial charge in [-0.1, -0.05) is 13.8 Å². The Balaban J connectivity index is 1.76. The fraction of sp³-hybridized carbons (Fsp3) is 0.480. The Morgan fingerprint density at radius 2 is 1.79 bits per heavy atom. The minimum atomic E-state index is -0.898. The highest BCUT2D eigenvalue weighted by Crippen LogP contribution is 2.38. The summed E-state index contributed by atoms with van der Waals surface area (Å²) in [5.41, 5.74) is 5.09. The van der Waals surface area contributed by atoms with Crippen LogP contribution >= 0.6 is 11.3 Å². The van der Waals surface area contributed by atoms with Crippen LogP contribution in [0.3, 0.4) is 0 Å². The van der Waals surface area contributed by atoms with Crippen LogP contribution in [-0.2, 0) is 11.2 Å².